The highest BCUT2D eigenvalue weighted by molar-refractivity contribution is 7.12. The lowest BCUT2D eigenvalue weighted by atomic mass is 10.4. The summed E-state index contributed by atoms with van der Waals surface area (Å²) in [5.74, 6) is -0.0315. The highest BCUT2D eigenvalue weighted by atomic mass is 32.1. The van der Waals surface area contributed by atoms with E-state index in [1.54, 1.807) is 29.7 Å². The van der Waals surface area contributed by atoms with Gasteiger partial charge in [-0.25, -0.2) is 0 Å². The molecule has 12 heteroatoms. The van der Waals surface area contributed by atoms with Gasteiger partial charge in [0.1, 0.15) is 0 Å². The second kappa shape index (κ2) is 10.4. The molecule has 2 aromatic heterocycles. The molecule has 2 rings (SSSR count). The molecule has 2 heterocycles. The minimum absolute atomic E-state index is 0.0443. The Hall–Kier alpha value is -3.12. The van der Waals surface area contributed by atoms with Crippen molar-refractivity contribution in [2.75, 3.05) is 7.05 Å². The Morgan fingerprint density at radius 1 is 0.862 bits per heavy atom. The second-order valence-corrected chi connectivity index (χ2v) is 8.73. The molecule has 0 fully saturated rings. The first-order valence-electron chi connectivity index (χ1n) is 8.69. The molecule has 10 nitrogen and oxygen atoms in total. The Morgan fingerprint density at radius 2 is 1.34 bits per heavy atom. The van der Waals surface area contributed by atoms with Gasteiger partial charge in [0.15, 0.2) is 23.8 Å². The van der Waals surface area contributed by atoms with Crippen LogP contribution in [0.3, 0.4) is 0 Å². The Morgan fingerprint density at radius 3 is 1.83 bits per heavy atom. The smallest absolute Gasteiger partial charge is 0.197 e. The number of nitrogens with zero attached hydrogens (tertiary/aromatic N) is 1. The van der Waals surface area contributed by atoms with Crippen LogP contribution in [0.2, 0.25) is 0 Å². The molecule has 0 saturated heterocycles. The van der Waals surface area contributed by atoms with E-state index in [2.05, 4.69) is 21.3 Å². The molecule has 0 spiro atoms. The van der Waals surface area contributed by atoms with Crippen molar-refractivity contribution in [1.82, 2.24) is 26.2 Å². The first-order valence-corrected chi connectivity index (χ1v) is 10.3. The SMILES string of the molecule is Cc1ccc(CNC(=N)NC(=N)NCc2ccc(CNC(=N)N(C)C(=N)N)s2)s1. The van der Waals surface area contributed by atoms with Crippen LogP contribution in [0.25, 0.3) is 0 Å². The zero-order valence-electron chi connectivity index (χ0n) is 16.3. The number of hydrogen-bond donors (Lipinski definition) is 9. The van der Waals surface area contributed by atoms with Gasteiger partial charge in [0.05, 0.1) is 19.6 Å². The predicted molar refractivity (Wildman–Crippen MR) is 120 cm³/mol. The quantitative estimate of drug-likeness (QED) is 0.245. The topological polar surface area (TPSA) is 173 Å². The fourth-order valence-corrected chi connectivity index (χ4v) is 3.89. The maximum absolute atomic E-state index is 7.91. The highest BCUT2D eigenvalue weighted by Crippen LogP contribution is 2.16. The summed E-state index contributed by atoms with van der Waals surface area (Å²) < 4.78 is 0. The predicted octanol–water partition coefficient (Wildman–Crippen LogP) is 1.31. The Kier molecular flexibility index (Phi) is 7.98. The van der Waals surface area contributed by atoms with Gasteiger partial charge in [-0.15, -0.1) is 22.7 Å². The maximum Gasteiger partial charge on any atom is 0.197 e. The van der Waals surface area contributed by atoms with Gasteiger partial charge in [-0.1, -0.05) is 0 Å². The largest absolute Gasteiger partial charge is 0.370 e. The van der Waals surface area contributed by atoms with E-state index < -0.39 is 0 Å². The summed E-state index contributed by atoms with van der Waals surface area (Å²) in [6, 6.07) is 7.95. The van der Waals surface area contributed by atoms with Gasteiger partial charge in [-0.2, -0.15) is 0 Å². The van der Waals surface area contributed by atoms with E-state index in [0.717, 1.165) is 14.6 Å². The van der Waals surface area contributed by atoms with Gasteiger partial charge in [-0.05, 0) is 31.2 Å². The van der Waals surface area contributed by atoms with Crippen LogP contribution >= 0.6 is 22.7 Å². The van der Waals surface area contributed by atoms with Crippen LogP contribution in [0.4, 0.5) is 0 Å². The molecule has 0 saturated carbocycles. The van der Waals surface area contributed by atoms with Crippen molar-refractivity contribution in [3.8, 4) is 0 Å². The summed E-state index contributed by atoms with van der Waals surface area (Å²) in [5, 5.41) is 42.3. The van der Waals surface area contributed by atoms with Crippen molar-refractivity contribution >= 4 is 46.5 Å². The number of thiophene rings is 2. The summed E-state index contributed by atoms with van der Waals surface area (Å²) >= 11 is 3.22. The van der Waals surface area contributed by atoms with Gasteiger partial charge < -0.3 is 21.7 Å². The summed E-state index contributed by atoms with van der Waals surface area (Å²) in [5.41, 5.74) is 5.34. The van der Waals surface area contributed by atoms with Gasteiger partial charge in [0.2, 0.25) is 0 Å². The highest BCUT2D eigenvalue weighted by Gasteiger charge is 2.08. The van der Waals surface area contributed by atoms with E-state index in [4.69, 9.17) is 27.4 Å². The maximum atomic E-state index is 7.91. The molecule has 156 valence electrons. The fourth-order valence-electron chi connectivity index (χ4n) is 2.17. The molecule has 10 N–H and O–H groups in total. The van der Waals surface area contributed by atoms with Crippen LogP contribution in [0, 0.1) is 28.6 Å². The number of hydrogen-bond acceptors (Lipinski definition) is 6. The minimum atomic E-state index is -0.199. The Bertz CT molecular complexity index is 884. The lowest BCUT2D eigenvalue weighted by Crippen LogP contribution is -2.45. The molecular formula is C17H26N10S2. The molecular weight excluding hydrogens is 408 g/mol. The van der Waals surface area contributed by atoms with Crippen LogP contribution in [0.1, 0.15) is 19.5 Å². The van der Waals surface area contributed by atoms with Gasteiger partial charge in [0, 0.05) is 26.6 Å². The average Bonchev–Trinajstić information content (AvgIpc) is 3.30. The first-order chi connectivity index (χ1) is 13.7. The van der Waals surface area contributed by atoms with E-state index in [-0.39, 0.29) is 23.8 Å². The zero-order chi connectivity index (χ0) is 21.4. The van der Waals surface area contributed by atoms with Crippen molar-refractivity contribution in [3.63, 3.8) is 0 Å². The normalized spacial score (nSPS) is 10.1. The van der Waals surface area contributed by atoms with Crippen molar-refractivity contribution in [1.29, 1.82) is 21.6 Å². The van der Waals surface area contributed by atoms with E-state index >= 15 is 0 Å². The Labute approximate surface area is 177 Å². The minimum Gasteiger partial charge on any atom is -0.370 e. The molecule has 0 aromatic carbocycles. The van der Waals surface area contributed by atoms with Crippen LogP contribution in [-0.2, 0) is 19.6 Å². The summed E-state index contributed by atoms with van der Waals surface area (Å²) in [6.07, 6.45) is 0. The molecule has 0 aliphatic rings. The molecule has 29 heavy (non-hydrogen) atoms. The van der Waals surface area contributed by atoms with E-state index in [1.165, 1.54) is 9.78 Å². The third-order valence-electron chi connectivity index (χ3n) is 3.77. The monoisotopic (exact) mass is 434 g/mol. The van der Waals surface area contributed by atoms with Crippen molar-refractivity contribution in [2.24, 2.45) is 5.73 Å². The summed E-state index contributed by atoms with van der Waals surface area (Å²) in [7, 11) is 1.55. The molecule has 0 bridgehead atoms. The van der Waals surface area contributed by atoms with E-state index in [0.29, 0.717) is 19.6 Å². The third-order valence-corrected chi connectivity index (χ3v) is 5.85. The van der Waals surface area contributed by atoms with Crippen LogP contribution in [0.15, 0.2) is 24.3 Å². The van der Waals surface area contributed by atoms with Crippen molar-refractivity contribution in [3.05, 3.63) is 43.8 Å². The fraction of sp³-hybridized carbons (Fsp3) is 0.294. The molecule has 0 aliphatic heterocycles. The van der Waals surface area contributed by atoms with Crippen LogP contribution in [0.5, 0.6) is 0 Å². The Balaban J connectivity index is 1.68. The van der Waals surface area contributed by atoms with E-state index in [9.17, 15) is 0 Å². The molecule has 0 amide bonds. The summed E-state index contributed by atoms with van der Waals surface area (Å²) in [4.78, 5) is 5.64. The van der Waals surface area contributed by atoms with Crippen molar-refractivity contribution < 1.29 is 0 Å². The molecule has 0 radical (unpaired) electrons. The molecule has 0 unspecified atom stereocenters. The number of nitrogens with one attached hydrogen (secondary N) is 8. The van der Waals surface area contributed by atoms with Crippen molar-refractivity contribution in [2.45, 2.75) is 26.6 Å². The van der Waals surface area contributed by atoms with Crippen LogP contribution < -0.4 is 27.0 Å². The lowest BCUT2D eigenvalue weighted by molar-refractivity contribution is 0.671. The number of nitrogens with two attached hydrogens (primary N) is 1. The molecule has 2 aromatic rings. The van der Waals surface area contributed by atoms with E-state index in [1.807, 2.05) is 31.2 Å². The number of rotatable bonds is 6. The molecule has 0 atom stereocenters. The molecule has 0 aliphatic carbocycles. The van der Waals surface area contributed by atoms with Crippen LogP contribution in [-0.4, -0.2) is 35.8 Å². The first kappa shape index (κ1) is 22.2. The zero-order valence-corrected chi connectivity index (χ0v) is 17.9. The number of guanidine groups is 4. The summed E-state index contributed by atoms with van der Waals surface area (Å²) in [6.45, 7) is 3.50. The van der Waals surface area contributed by atoms with Gasteiger partial charge >= 0.3 is 0 Å². The van der Waals surface area contributed by atoms with Gasteiger partial charge in [-0.3, -0.25) is 31.9 Å². The number of aryl methyl sites for hydroxylation is 1. The lowest BCUT2D eigenvalue weighted by Gasteiger charge is -2.18. The second-order valence-electron chi connectivity index (χ2n) is 6.11. The average molecular weight is 435 g/mol. The standard InChI is InChI=1S/C17H26N10S2/c1-10-3-4-11(28-10)7-23-15(20)26-16(21)24-8-12-5-6-13(29-12)9-25-17(22)27(2)14(18)19/h3-6H,7-9H2,1-2H3,(H3,18,19)(H2,22,25)(H5,20,21,23,24,26). The third kappa shape index (κ3) is 7.43. The van der Waals surface area contributed by atoms with Gasteiger partial charge in [0.25, 0.3) is 0 Å².